The van der Waals surface area contributed by atoms with Crippen LogP contribution in [0.1, 0.15) is 26.3 Å². The van der Waals surface area contributed by atoms with Gasteiger partial charge in [-0.25, -0.2) is 8.42 Å². The van der Waals surface area contributed by atoms with Crippen LogP contribution in [-0.4, -0.2) is 38.4 Å². The zero-order valence-electron chi connectivity index (χ0n) is 12.5. The summed E-state index contributed by atoms with van der Waals surface area (Å²) < 4.78 is 26.2. The van der Waals surface area contributed by atoms with E-state index in [4.69, 9.17) is 0 Å². The predicted molar refractivity (Wildman–Crippen MR) is 82.8 cm³/mol. The molecule has 0 unspecified atom stereocenters. The Morgan fingerprint density at radius 1 is 1.35 bits per heavy atom. The second kappa shape index (κ2) is 6.95. The molecule has 1 rings (SSSR count). The highest BCUT2D eigenvalue weighted by molar-refractivity contribution is 7.92. The van der Waals surface area contributed by atoms with Crippen molar-refractivity contribution in [1.29, 1.82) is 0 Å². The highest BCUT2D eigenvalue weighted by Crippen LogP contribution is 2.27. The maximum Gasteiger partial charge on any atom is 0.236 e. The lowest BCUT2D eigenvalue weighted by molar-refractivity contribution is 0.475. The second-order valence-electron chi connectivity index (χ2n) is 5.06. The Hall–Kier alpha value is -1.27. The minimum absolute atomic E-state index is 0.0358. The number of anilines is 1. The molecule has 0 fully saturated rings. The normalized spacial score (nSPS) is 11.8. The lowest BCUT2D eigenvalue weighted by Gasteiger charge is -2.25. The summed E-state index contributed by atoms with van der Waals surface area (Å²) >= 11 is 0. The molecule has 0 bridgehead atoms. The molecule has 5 nitrogen and oxygen atoms in total. The molecule has 20 heavy (non-hydrogen) atoms. The minimum Gasteiger partial charge on any atom is -0.508 e. The number of hydrogen-bond donors (Lipinski definition) is 2. The van der Waals surface area contributed by atoms with E-state index in [0.717, 1.165) is 5.56 Å². The highest BCUT2D eigenvalue weighted by atomic mass is 32.2. The second-order valence-corrected chi connectivity index (χ2v) is 7.07. The van der Waals surface area contributed by atoms with Crippen molar-refractivity contribution in [3.8, 4) is 5.75 Å². The van der Waals surface area contributed by atoms with Gasteiger partial charge in [0.05, 0.1) is 11.4 Å². The van der Waals surface area contributed by atoms with Crippen LogP contribution in [0.25, 0.3) is 0 Å². The van der Waals surface area contributed by atoms with Crippen LogP contribution in [0, 0.1) is 6.92 Å². The van der Waals surface area contributed by atoms with Crippen molar-refractivity contribution in [3.05, 3.63) is 23.8 Å². The first kappa shape index (κ1) is 16.8. The molecule has 0 aromatic heterocycles. The summed E-state index contributed by atoms with van der Waals surface area (Å²) in [6.45, 7) is 8.33. The van der Waals surface area contributed by atoms with Gasteiger partial charge in [0.1, 0.15) is 5.75 Å². The first-order valence-electron chi connectivity index (χ1n) is 6.81. The maximum atomic E-state index is 12.4. The van der Waals surface area contributed by atoms with Gasteiger partial charge >= 0.3 is 0 Å². The highest BCUT2D eigenvalue weighted by Gasteiger charge is 2.22. The quantitative estimate of drug-likeness (QED) is 0.806. The molecule has 0 aliphatic heterocycles. The summed E-state index contributed by atoms with van der Waals surface area (Å²) in [6, 6.07) is 5.02. The first-order valence-corrected chi connectivity index (χ1v) is 8.42. The number of hydrogen-bond acceptors (Lipinski definition) is 4. The van der Waals surface area contributed by atoms with Crippen molar-refractivity contribution in [3.63, 3.8) is 0 Å². The number of aromatic hydroxyl groups is 1. The van der Waals surface area contributed by atoms with Crippen LogP contribution in [-0.2, 0) is 10.0 Å². The molecule has 0 atom stereocenters. The molecule has 0 saturated heterocycles. The van der Waals surface area contributed by atoms with E-state index in [1.54, 1.807) is 19.1 Å². The van der Waals surface area contributed by atoms with Crippen LogP contribution >= 0.6 is 0 Å². The molecule has 0 aliphatic carbocycles. The zero-order valence-corrected chi connectivity index (χ0v) is 13.4. The van der Waals surface area contributed by atoms with Crippen LogP contribution in [0.4, 0.5) is 5.69 Å². The van der Waals surface area contributed by atoms with Crippen LogP contribution in [0.15, 0.2) is 18.2 Å². The van der Waals surface area contributed by atoms with Gasteiger partial charge in [0.25, 0.3) is 0 Å². The predicted octanol–water partition coefficient (Wildman–Crippen LogP) is 1.85. The van der Waals surface area contributed by atoms with E-state index in [1.807, 2.05) is 20.8 Å². The molecule has 1 aromatic carbocycles. The Balaban J connectivity index is 2.96. The number of nitrogens with zero attached hydrogens (tertiary/aromatic N) is 1. The van der Waals surface area contributed by atoms with Gasteiger partial charge in [0.2, 0.25) is 10.0 Å². The topological polar surface area (TPSA) is 69.6 Å². The zero-order chi connectivity index (χ0) is 15.3. The molecule has 1 aromatic rings. The van der Waals surface area contributed by atoms with Crippen molar-refractivity contribution in [2.45, 2.75) is 33.7 Å². The summed E-state index contributed by atoms with van der Waals surface area (Å²) in [4.78, 5) is 0. The van der Waals surface area contributed by atoms with E-state index < -0.39 is 10.0 Å². The molecular weight excluding hydrogens is 276 g/mol. The number of phenolic OH excluding ortho intramolecular Hbond substituents is 1. The van der Waals surface area contributed by atoms with Gasteiger partial charge in [-0.1, -0.05) is 19.9 Å². The smallest absolute Gasteiger partial charge is 0.236 e. The fraction of sp³-hybridized carbons (Fsp3) is 0.571. The molecule has 0 radical (unpaired) electrons. The van der Waals surface area contributed by atoms with E-state index in [0.29, 0.717) is 18.8 Å². The third kappa shape index (κ3) is 4.38. The van der Waals surface area contributed by atoms with Gasteiger partial charge in [0.15, 0.2) is 0 Å². The molecule has 0 spiro atoms. The Kier molecular flexibility index (Phi) is 5.83. The Morgan fingerprint density at radius 2 is 2.00 bits per heavy atom. The number of sulfonamides is 1. The number of nitrogens with one attached hydrogen (secondary N) is 1. The monoisotopic (exact) mass is 300 g/mol. The third-order valence-electron chi connectivity index (χ3n) is 3.00. The van der Waals surface area contributed by atoms with Crippen molar-refractivity contribution < 1.29 is 13.5 Å². The van der Waals surface area contributed by atoms with Crippen LogP contribution in [0.2, 0.25) is 0 Å². The molecule has 6 heteroatoms. The van der Waals surface area contributed by atoms with Gasteiger partial charge in [0, 0.05) is 25.2 Å². The molecule has 114 valence electrons. The lowest BCUT2D eigenvalue weighted by atomic mass is 10.2. The maximum absolute atomic E-state index is 12.4. The molecule has 2 N–H and O–H groups in total. The summed E-state index contributed by atoms with van der Waals surface area (Å²) in [5.41, 5.74) is 1.36. The van der Waals surface area contributed by atoms with Crippen molar-refractivity contribution >= 4 is 15.7 Å². The third-order valence-corrected chi connectivity index (χ3v) is 4.84. The van der Waals surface area contributed by atoms with Crippen molar-refractivity contribution in [1.82, 2.24) is 5.32 Å². The lowest BCUT2D eigenvalue weighted by Crippen LogP contribution is -2.38. The first-order chi connectivity index (χ1) is 9.27. The molecule has 0 heterocycles. The Labute approximate surface area is 121 Å². The van der Waals surface area contributed by atoms with Crippen molar-refractivity contribution in [2.24, 2.45) is 0 Å². The molecular formula is C14H24N2O3S. The average molecular weight is 300 g/mol. The van der Waals surface area contributed by atoms with Crippen LogP contribution in [0.5, 0.6) is 5.75 Å². The number of rotatable bonds is 7. The summed E-state index contributed by atoms with van der Waals surface area (Å²) in [5.74, 6) is 0.105. The van der Waals surface area contributed by atoms with E-state index in [1.165, 1.54) is 10.4 Å². The summed E-state index contributed by atoms with van der Waals surface area (Å²) in [6.07, 6.45) is 0. The van der Waals surface area contributed by atoms with Gasteiger partial charge in [-0.15, -0.1) is 0 Å². The van der Waals surface area contributed by atoms with Gasteiger partial charge in [-0.3, -0.25) is 4.31 Å². The summed E-state index contributed by atoms with van der Waals surface area (Å²) in [7, 11) is -3.40. The Bertz CT molecular complexity index is 541. The summed E-state index contributed by atoms with van der Waals surface area (Å²) in [5, 5.41) is 12.7. The number of benzene rings is 1. The van der Waals surface area contributed by atoms with Crippen LogP contribution in [0.3, 0.4) is 0 Å². The number of aryl methyl sites for hydroxylation is 1. The Morgan fingerprint density at radius 3 is 2.55 bits per heavy atom. The minimum atomic E-state index is -3.40. The standard InChI is InChI=1S/C14H24N2O3S/c1-5-16(14-10-13(17)7-6-12(14)4)20(18,19)9-8-15-11(2)3/h6-7,10-11,15,17H,5,8-9H2,1-4H3. The van der Waals surface area contributed by atoms with Crippen LogP contribution < -0.4 is 9.62 Å². The van der Waals surface area contributed by atoms with E-state index in [2.05, 4.69) is 5.32 Å². The van der Waals surface area contributed by atoms with Gasteiger partial charge < -0.3 is 10.4 Å². The average Bonchev–Trinajstić information content (AvgIpc) is 2.33. The fourth-order valence-corrected chi connectivity index (χ4v) is 3.46. The molecule has 0 amide bonds. The molecule has 0 saturated carbocycles. The van der Waals surface area contributed by atoms with Gasteiger partial charge in [-0.2, -0.15) is 0 Å². The molecule has 0 aliphatic rings. The van der Waals surface area contributed by atoms with E-state index in [-0.39, 0.29) is 17.5 Å². The van der Waals surface area contributed by atoms with Gasteiger partial charge in [-0.05, 0) is 25.5 Å². The van der Waals surface area contributed by atoms with E-state index >= 15 is 0 Å². The SMILES string of the molecule is CCN(c1cc(O)ccc1C)S(=O)(=O)CCNC(C)C. The van der Waals surface area contributed by atoms with Crippen molar-refractivity contribution in [2.75, 3.05) is 23.1 Å². The number of phenols is 1. The largest absolute Gasteiger partial charge is 0.508 e. The van der Waals surface area contributed by atoms with E-state index in [9.17, 15) is 13.5 Å². The fourth-order valence-electron chi connectivity index (χ4n) is 1.97.